The first kappa shape index (κ1) is 13.4. The third kappa shape index (κ3) is 2.29. The first-order chi connectivity index (χ1) is 9.95. The summed E-state index contributed by atoms with van der Waals surface area (Å²) in [6, 6.07) is 5.76. The number of hydrogen-bond acceptors (Lipinski definition) is 3. The molecule has 0 saturated heterocycles. The second-order valence-electron chi connectivity index (χ2n) is 5.00. The first-order valence-electron chi connectivity index (χ1n) is 6.39. The average molecular weight is 289 g/mol. The van der Waals surface area contributed by atoms with Crippen LogP contribution in [-0.2, 0) is 11.2 Å². The summed E-state index contributed by atoms with van der Waals surface area (Å²) < 4.78 is 27.8. The average Bonchev–Trinajstić information content (AvgIpc) is 2.78. The van der Waals surface area contributed by atoms with E-state index in [1.807, 2.05) is 0 Å². The Morgan fingerprint density at radius 3 is 2.81 bits per heavy atom. The number of rotatable bonds is 2. The maximum atomic E-state index is 14.0. The molecule has 0 bridgehead atoms. The fourth-order valence-electron chi connectivity index (χ4n) is 2.31. The van der Waals surface area contributed by atoms with Gasteiger partial charge in [-0.15, -0.1) is 0 Å². The lowest BCUT2D eigenvalue weighted by Crippen LogP contribution is -2.04. The molecule has 4 nitrogen and oxygen atoms in total. The van der Waals surface area contributed by atoms with Crippen LogP contribution < -0.4 is 16.4 Å². The summed E-state index contributed by atoms with van der Waals surface area (Å²) in [6.07, 6.45) is 0.257. The van der Waals surface area contributed by atoms with E-state index in [0.29, 0.717) is 22.6 Å². The van der Waals surface area contributed by atoms with Gasteiger partial charge in [-0.3, -0.25) is 4.79 Å². The SMILES string of the molecule is Cc1ccc(F)c(Nc2cc3c(cc2N)CC(=O)N3)c1F. The predicted octanol–water partition coefficient (Wildman–Crippen LogP) is 3.09. The van der Waals surface area contributed by atoms with Crippen molar-refractivity contribution in [1.82, 2.24) is 0 Å². The van der Waals surface area contributed by atoms with Crippen LogP contribution in [0.2, 0.25) is 0 Å². The van der Waals surface area contributed by atoms with Crippen molar-refractivity contribution in [2.24, 2.45) is 0 Å². The molecule has 0 unspecified atom stereocenters. The Balaban J connectivity index is 2.02. The van der Waals surface area contributed by atoms with Crippen molar-refractivity contribution >= 4 is 28.7 Å². The van der Waals surface area contributed by atoms with Crippen molar-refractivity contribution in [2.45, 2.75) is 13.3 Å². The van der Waals surface area contributed by atoms with E-state index in [-0.39, 0.29) is 18.0 Å². The number of carbonyl (C=O) groups excluding carboxylic acids is 1. The lowest BCUT2D eigenvalue weighted by molar-refractivity contribution is -0.115. The van der Waals surface area contributed by atoms with Gasteiger partial charge in [-0.25, -0.2) is 8.78 Å². The summed E-state index contributed by atoms with van der Waals surface area (Å²) in [6.45, 7) is 1.55. The number of carbonyl (C=O) groups is 1. The molecule has 2 aromatic rings. The summed E-state index contributed by atoms with van der Waals surface area (Å²) in [5.41, 5.74) is 7.99. The van der Waals surface area contributed by atoms with Gasteiger partial charge in [-0.2, -0.15) is 0 Å². The Hall–Kier alpha value is -2.63. The van der Waals surface area contributed by atoms with Gasteiger partial charge in [-0.1, -0.05) is 6.07 Å². The molecule has 0 aliphatic carbocycles. The normalized spacial score (nSPS) is 13.0. The van der Waals surface area contributed by atoms with Crippen molar-refractivity contribution < 1.29 is 13.6 Å². The summed E-state index contributed by atoms with van der Waals surface area (Å²) in [5.74, 6) is -1.50. The van der Waals surface area contributed by atoms with Crippen molar-refractivity contribution in [1.29, 1.82) is 0 Å². The minimum atomic E-state index is -0.706. The maximum absolute atomic E-state index is 14.0. The molecule has 4 N–H and O–H groups in total. The number of fused-ring (bicyclic) bond motifs is 1. The molecule has 21 heavy (non-hydrogen) atoms. The van der Waals surface area contributed by atoms with E-state index in [2.05, 4.69) is 10.6 Å². The highest BCUT2D eigenvalue weighted by molar-refractivity contribution is 6.01. The molecule has 2 aromatic carbocycles. The number of hydrogen-bond donors (Lipinski definition) is 3. The van der Waals surface area contributed by atoms with Gasteiger partial charge < -0.3 is 16.4 Å². The minimum absolute atomic E-state index is 0.130. The standard InChI is InChI=1S/C15H13F2N3O/c1-7-2-3-9(16)15(14(7)17)20-12-6-11-8(4-10(12)18)5-13(21)19-11/h2-4,6,20H,5,18H2,1H3,(H,19,21). The molecule has 0 spiro atoms. The van der Waals surface area contributed by atoms with Gasteiger partial charge in [0.2, 0.25) is 5.91 Å². The van der Waals surface area contributed by atoms with Gasteiger partial charge in [0, 0.05) is 5.69 Å². The maximum Gasteiger partial charge on any atom is 0.228 e. The predicted molar refractivity (Wildman–Crippen MR) is 77.6 cm³/mol. The Kier molecular flexibility index (Phi) is 3.01. The molecule has 1 heterocycles. The number of halogens is 2. The van der Waals surface area contributed by atoms with E-state index >= 15 is 0 Å². The van der Waals surface area contributed by atoms with E-state index < -0.39 is 11.6 Å². The topological polar surface area (TPSA) is 67.1 Å². The van der Waals surface area contributed by atoms with Gasteiger partial charge in [-0.05, 0) is 36.2 Å². The molecular formula is C15H13F2N3O. The molecular weight excluding hydrogens is 276 g/mol. The first-order valence-corrected chi connectivity index (χ1v) is 6.39. The second-order valence-corrected chi connectivity index (χ2v) is 5.00. The summed E-state index contributed by atoms with van der Waals surface area (Å²) in [4.78, 5) is 11.3. The molecule has 0 radical (unpaired) electrons. The summed E-state index contributed by atoms with van der Waals surface area (Å²) in [5, 5.41) is 5.34. The third-order valence-electron chi connectivity index (χ3n) is 3.44. The molecule has 1 aliphatic heterocycles. The Morgan fingerprint density at radius 2 is 2.05 bits per heavy atom. The smallest absolute Gasteiger partial charge is 0.228 e. The van der Waals surface area contributed by atoms with Crippen LogP contribution in [0, 0.1) is 18.6 Å². The van der Waals surface area contributed by atoms with E-state index in [1.165, 1.54) is 12.1 Å². The van der Waals surface area contributed by atoms with Crippen molar-refractivity contribution in [3.63, 3.8) is 0 Å². The zero-order valence-electron chi connectivity index (χ0n) is 11.3. The van der Waals surface area contributed by atoms with Crippen LogP contribution in [-0.4, -0.2) is 5.91 Å². The molecule has 0 saturated carbocycles. The largest absolute Gasteiger partial charge is 0.397 e. The highest BCUT2D eigenvalue weighted by atomic mass is 19.1. The number of amides is 1. The third-order valence-corrected chi connectivity index (χ3v) is 3.44. The molecule has 6 heteroatoms. The number of nitrogens with one attached hydrogen (secondary N) is 2. The molecule has 0 fully saturated rings. The summed E-state index contributed by atoms with van der Waals surface area (Å²) in [7, 11) is 0. The monoisotopic (exact) mass is 289 g/mol. The van der Waals surface area contributed by atoms with Crippen molar-refractivity contribution in [2.75, 3.05) is 16.4 Å². The van der Waals surface area contributed by atoms with Crippen molar-refractivity contribution in [3.05, 3.63) is 47.0 Å². The van der Waals surface area contributed by atoms with E-state index in [9.17, 15) is 13.6 Å². The van der Waals surface area contributed by atoms with Crippen LogP contribution in [0.25, 0.3) is 0 Å². The number of anilines is 4. The number of nitrogens with two attached hydrogens (primary N) is 1. The van der Waals surface area contributed by atoms with Crippen LogP contribution in [0.3, 0.4) is 0 Å². The van der Waals surface area contributed by atoms with Gasteiger partial charge in [0.05, 0.1) is 17.8 Å². The van der Waals surface area contributed by atoms with Crippen LogP contribution in [0.1, 0.15) is 11.1 Å². The highest BCUT2D eigenvalue weighted by Crippen LogP contribution is 2.34. The zero-order chi connectivity index (χ0) is 15.1. The van der Waals surface area contributed by atoms with Crippen LogP contribution in [0.15, 0.2) is 24.3 Å². The molecule has 0 atom stereocenters. The van der Waals surface area contributed by atoms with Gasteiger partial charge in [0.25, 0.3) is 0 Å². The second kappa shape index (κ2) is 4.73. The van der Waals surface area contributed by atoms with Crippen LogP contribution >= 0.6 is 0 Å². The molecule has 108 valence electrons. The van der Waals surface area contributed by atoms with Crippen molar-refractivity contribution in [3.8, 4) is 0 Å². The number of nitrogen functional groups attached to an aromatic ring is 1. The molecule has 3 rings (SSSR count). The van der Waals surface area contributed by atoms with E-state index in [1.54, 1.807) is 19.1 Å². The van der Waals surface area contributed by atoms with Crippen LogP contribution in [0.4, 0.5) is 31.5 Å². The number of benzene rings is 2. The summed E-state index contributed by atoms with van der Waals surface area (Å²) >= 11 is 0. The fraction of sp³-hybridized carbons (Fsp3) is 0.133. The Labute approximate surface area is 120 Å². The fourth-order valence-corrected chi connectivity index (χ4v) is 2.31. The van der Waals surface area contributed by atoms with E-state index in [4.69, 9.17) is 5.73 Å². The van der Waals surface area contributed by atoms with E-state index in [0.717, 1.165) is 5.56 Å². The lowest BCUT2D eigenvalue weighted by atomic mass is 10.1. The lowest BCUT2D eigenvalue weighted by Gasteiger charge is -2.13. The molecule has 0 aromatic heterocycles. The Bertz CT molecular complexity index is 759. The Morgan fingerprint density at radius 1 is 1.29 bits per heavy atom. The zero-order valence-corrected chi connectivity index (χ0v) is 11.3. The van der Waals surface area contributed by atoms with Gasteiger partial charge in [0.1, 0.15) is 11.5 Å². The quantitative estimate of drug-likeness (QED) is 0.744. The minimum Gasteiger partial charge on any atom is -0.397 e. The van der Waals surface area contributed by atoms with Gasteiger partial charge >= 0.3 is 0 Å². The van der Waals surface area contributed by atoms with Crippen LogP contribution in [0.5, 0.6) is 0 Å². The van der Waals surface area contributed by atoms with Gasteiger partial charge in [0.15, 0.2) is 5.82 Å². The highest BCUT2D eigenvalue weighted by Gasteiger charge is 2.20. The molecule has 1 aliphatic rings. The number of aryl methyl sites for hydroxylation is 1. The molecule has 1 amide bonds.